The molecule has 0 aliphatic heterocycles. The smallest absolute Gasteiger partial charge is 0.417 e. The molecule has 1 rings (SSSR count). The number of halogens is 3. The van der Waals surface area contributed by atoms with Crippen LogP contribution in [0.3, 0.4) is 0 Å². The molecule has 1 unspecified atom stereocenters. The lowest BCUT2D eigenvalue weighted by atomic mass is 9.96. The van der Waals surface area contributed by atoms with Gasteiger partial charge in [-0.2, -0.15) is 18.4 Å². The van der Waals surface area contributed by atoms with Crippen molar-refractivity contribution in [3.63, 3.8) is 0 Å². The van der Waals surface area contributed by atoms with Crippen molar-refractivity contribution in [3.05, 3.63) is 35.4 Å². The molecule has 20 heavy (non-hydrogen) atoms. The Bertz CT molecular complexity index is 561. The zero-order valence-corrected chi connectivity index (χ0v) is 10.4. The summed E-state index contributed by atoms with van der Waals surface area (Å²) in [6.45, 7) is 0. The lowest BCUT2D eigenvalue weighted by Gasteiger charge is -2.12. The summed E-state index contributed by atoms with van der Waals surface area (Å²) in [5.41, 5.74) is -1.66. The number of carbonyl (C=O) groups is 2. The number of methoxy groups -OCH3 is 1. The fourth-order valence-electron chi connectivity index (χ4n) is 1.59. The minimum absolute atomic E-state index is 0.566. The Kier molecular flexibility index (Phi) is 4.86. The first-order chi connectivity index (χ1) is 9.31. The highest BCUT2D eigenvalue weighted by atomic mass is 19.4. The summed E-state index contributed by atoms with van der Waals surface area (Å²) in [4.78, 5) is 23.0. The molecule has 1 aromatic rings. The lowest BCUT2D eigenvalue weighted by Crippen LogP contribution is -2.20. The predicted molar refractivity (Wildman–Crippen MR) is 61.5 cm³/mol. The van der Waals surface area contributed by atoms with Crippen molar-refractivity contribution < 1.29 is 27.5 Å². The molecule has 7 heteroatoms. The molecule has 106 valence electrons. The summed E-state index contributed by atoms with van der Waals surface area (Å²) in [6.07, 6.45) is -5.34. The zero-order chi connectivity index (χ0) is 15.3. The van der Waals surface area contributed by atoms with E-state index in [1.165, 1.54) is 12.1 Å². The first-order valence-electron chi connectivity index (χ1n) is 5.48. The first-order valence-corrected chi connectivity index (χ1v) is 5.48. The maximum atomic E-state index is 12.7. The van der Waals surface area contributed by atoms with Crippen LogP contribution in [-0.2, 0) is 15.7 Å². The SMILES string of the molecule is COC(=O)C(C#N)CC(=O)c1ccccc1C(F)(F)F. The van der Waals surface area contributed by atoms with Gasteiger partial charge in [-0.15, -0.1) is 0 Å². The van der Waals surface area contributed by atoms with Gasteiger partial charge in [-0.1, -0.05) is 18.2 Å². The second-order valence-corrected chi connectivity index (χ2v) is 3.88. The van der Waals surface area contributed by atoms with E-state index in [-0.39, 0.29) is 0 Å². The number of hydrogen-bond acceptors (Lipinski definition) is 4. The van der Waals surface area contributed by atoms with E-state index in [0.29, 0.717) is 0 Å². The first kappa shape index (κ1) is 15.7. The van der Waals surface area contributed by atoms with E-state index in [4.69, 9.17) is 5.26 Å². The fraction of sp³-hybridized carbons (Fsp3) is 0.308. The van der Waals surface area contributed by atoms with Gasteiger partial charge in [-0.3, -0.25) is 9.59 Å². The van der Waals surface area contributed by atoms with Gasteiger partial charge in [0.15, 0.2) is 11.7 Å². The van der Waals surface area contributed by atoms with Crippen LogP contribution >= 0.6 is 0 Å². The van der Waals surface area contributed by atoms with Crippen molar-refractivity contribution >= 4 is 11.8 Å². The molecule has 0 aliphatic rings. The monoisotopic (exact) mass is 285 g/mol. The van der Waals surface area contributed by atoms with Crippen molar-refractivity contribution in [2.45, 2.75) is 12.6 Å². The summed E-state index contributed by atoms with van der Waals surface area (Å²) in [6, 6.07) is 5.75. The van der Waals surface area contributed by atoms with Crippen molar-refractivity contribution in [1.82, 2.24) is 0 Å². The number of ketones is 1. The molecular weight excluding hydrogens is 275 g/mol. The minimum atomic E-state index is -4.68. The normalized spacial score (nSPS) is 12.3. The van der Waals surface area contributed by atoms with Crippen LogP contribution in [0.4, 0.5) is 13.2 Å². The number of benzene rings is 1. The van der Waals surface area contributed by atoms with Gasteiger partial charge in [0.05, 0.1) is 18.7 Å². The Morgan fingerprint density at radius 1 is 1.35 bits per heavy atom. The molecule has 4 nitrogen and oxygen atoms in total. The van der Waals surface area contributed by atoms with Gasteiger partial charge >= 0.3 is 12.1 Å². The quantitative estimate of drug-likeness (QED) is 0.630. The van der Waals surface area contributed by atoms with Gasteiger partial charge in [0.2, 0.25) is 0 Å². The van der Waals surface area contributed by atoms with E-state index < -0.39 is 41.4 Å². The molecule has 0 bridgehead atoms. The second kappa shape index (κ2) is 6.19. The third-order valence-corrected chi connectivity index (χ3v) is 2.56. The van der Waals surface area contributed by atoms with Gasteiger partial charge < -0.3 is 4.74 Å². The number of nitriles is 1. The number of rotatable bonds is 4. The lowest BCUT2D eigenvalue weighted by molar-refractivity contribution is -0.143. The molecule has 1 aromatic carbocycles. The van der Waals surface area contributed by atoms with Crippen molar-refractivity contribution in [2.75, 3.05) is 7.11 Å². The third-order valence-electron chi connectivity index (χ3n) is 2.56. The van der Waals surface area contributed by atoms with Crippen LogP contribution in [0.5, 0.6) is 0 Å². The van der Waals surface area contributed by atoms with Gasteiger partial charge in [-0.25, -0.2) is 0 Å². The Hall–Kier alpha value is -2.36. The molecule has 0 aromatic heterocycles. The number of Topliss-reactive ketones (excluding diaryl/α,β-unsaturated/α-hetero) is 1. The standard InChI is InChI=1S/C13H10F3NO3/c1-20-12(19)8(7-17)6-11(18)9-4-2-3-5-10(9)13(14,15)16/h2-5,8H,6H2,1H3. The molecule has 0 radical (unpaired) electrons. The Balaban J connectivity index is 3.05. The maximum Gasteiger partial charge on any atom is 0.417 e. The summed E-state index contributed by atoms with van der Waals surface area (Å²) in [5.74, 6) is -3.31. The Morgan fingerprint density at radius 3 is 2.45 bits per heavy atom. The maximum absolute atomic E-state index is 12.7. The number of ether oxygens (including phenoxy) is 1. The summed E-state index contributed by atoms with van der Waals surface area (Å²) in [7, 11) is 1.03. The number of nitrogens with zero attached hydrogens (tertiary/aromatic N) is 1. The van der Waals surface area contributed by atoms with Crippen molar-refractivity contribution in [1.29, 1.82) is 5.26 Å². The number of esters is 1. The van der Waals surface area contributed by atoms with E-state index in [0.717, 1.165) is 25.3 Å². The molecule has 0 N–H and O–H groups in total. The van der Waals surface area contributed by atoms with Gasteiger partial charge in [0.1, 0.15) is 0 Å². The number of alkyl halides is 3. The van der Waals surface area contributed by atoms with E-state index >= 15 is 0 Å². The van der Waals surface area contributed by atoms with Crippen LogP contribution in [0.2, 0.25) is 0 Å². The van der Waals surface area contributed by atoms with Crippen LogP contribution in [-0.4, -0.2) is 18.9 Å². The highest BCUT2D eigenvalue weighted by molar-refractivity contribution is 6.00. The molecule has 0 spiro atoms. The highest BCUT2D eigenvalue weighted by Crippen LogP contribution is 2.32. The highest BCUT2D eigenvalue weighted by Gasteiger charge is 2.35. The predicted octanol–water partition coefficient (Wildman–Crippen LogP) is 2.59. The van der Waals surface area contributed by atoms with Crippen LogP contribution in [0.15, 0.2) is 24.3 Å². The Morgan fingerprint density at radius 2 is 1.95 bits per heavy atom. The van der Waals surface area contributed by atoms with Crippen LogP contribution < -0.4 is 0 Å². The Labute approximate surface area is 112 Å². The van der Waals surface area contributed by atoms with Crippen LogP contribution in [0, 0.1) is 17.2 Å². The summed E-state index contributed by atoms with van der Waals surface area (Å²) < 4.78 is 42.5. The molecule has 0 heterocycles. The van der Waals surface area contributed by atoms with Gasteiger partial charge in [-0.05, 0) is 6.07 Å². The largest absolute Gasteiger partial charge is 0.468 e. The molecule has 0 fully saturated rings. The molecule has 1 atom stereocenters. The van der Waals surface area contributed by atoms with Gasteiger partial charge in [0.25, 0.3) is 0 Å². The topological polar surface area (TPSA) is 67.2 Å². The van der Waals surface area contributed by atoms with Crippen LogP contribution in [0.25, 0.3) is 0 Å². The average molecular weight is 285 g/mol. The minimum Gasteiger partial charge on any atom is -0.468 e. The van der Waals surface area contributed by atoms with E-state index in [1.807, 2.05) is 0 Å². The molecule has 0 saturated carbocycles. The van der Waals surface area contributed by atoms with Gasteiger partial charge in [0, 0.05) is 12.0 Å². The molecule has 0 saturated heterocycles. The van der Waals surface area contributed by atoms with Crippen molar-refractivity contribution in [3.8, 4) is 6.07 Å². The zero-order valence-electron chi connectivity index (χ0n) is 10.4. The van der Waals surface area contributed by atoms with E-state index in [1.54, 1.807) is 0 Å². The third kappa shape index (κ3) is 3.57. The molecular formula is C13H10F3NO3. The van der Waals surface area contributed by atoms with E-state index in [2.05, 4.69) is 4.74 Å². The second-order valence-electron chi connectivity index (χ2n) is 3.88. The number of hydrogen-bond donors (Lipinski definition) is 0. The molecule has 0 amide bonds. The fourth-order valence-corrected chi connectivity index (χ4v) is 1.59. The number of carbonyl (C=O) groups excluding carboxylic acids is 2. The molecule has 0 aliphatic carbocycles. The van der Waals surface area contributed by atoms with Crippen molar-refractivity contribution in [2.24, 2.45) is 5.92 Å². The average Bonchev–Trinajstić information content (AvgIpc) is 2.42. The summed E-state index contributed by atoms with van der Waals surface area (Å²) in [5, 5.41) is 8.73. The summed E-state index contributed by atoms with van der Waals surface area (Å²) >= 11 is 0. The van der Waals surface area contributed by atoms with E-state index in [9.17, 15) is 22.8 Å². The van der Waals surface area contributed by atoms with Crippen LogP contribution in [0.1, 0.15) is 22.3 Å².